The SMILES string of the molecule is Cc1nc(P)nc(Cl)n1. The Hall–Kier alpha value is -0.270. The molecule has 0 spiro atoms. The van der Waals surface area contributed by atoms with Crippen molar-refractivity contribution in [3.05, 3.63) is 11.1 Å². The molecule has 1 rings (SSSR count). The second kappa shape index (κ2) is 2.54. The zero-order valence-corrected chi connectivity index (χ0v) is 6.71. The zero-order valence-electron chi connectivity index (χ0n) is 4.80. The lowest BCUT2D eigenvalue weighted by molar-refractivity contribution is 1.01. The molecule has 1 atom stereocenters. The quantitative estimate of drug-likeness (QED) is 0.515. The Labute approximate surface area is 60.1 Å². The molecule has 3 nitrogen and oxygen atoms in total. The lowest BCUT2D eigenvalue weighted by atomic mass is 10.7. The molecule has 0 aliphatic rings. The smallest absolute Gasteiger partial charge is 0.214 e. The van der Waals surface area contributed by atoms with Crippen LogP contribution in [0.15, 0.2) is 0 Å². The van der Waals surface area contributed by atoms with E-state index in [0.29, 0.717) is 11.4 Å². The highest BCUT2D eigenvalue weighted by atomic mass is 35.5. The Morgan fingerprint density at radius 1 is 1.33 bits per heavy atom. The van der Waals surface area contributed by atoms with Gasteiger partial charge in [-0.1, -0.05) is 9.24 Å². The fourth-order valence-corrected chi connectivity index (χ4v) is 1.07. The molecular weight excluding hydrogens is 156 g/mol. The summed E-state index contributed by atoms with van der Waals surface area (Å²) in [7, 11) is 2.35. The summed E-state index contributed by atoms with van der Waals surface area (Å²) in [5.74, 6) is 0.639. The molecule has 0 aliphatic heterocycles. The van der Waals surface area contributed by atoms with Gasteiger partial charge in [-0.2, -0.15) is 4.98 Å². The summed E-state index contributed by atoms with van der Waals surface area (Å²) in [6.45, 7) is 1.76. The van der Waals surface area contributed by atoms with E-state index in [2.05, 4.69) is 24.2 Å². The highest BCUT2D eigenvalue weighted by molar-refractivity contribution is 7.26. The van der Waals surface area contributed by atoms with E-state index in [9.17, 15) is 0 Å². The minimum atomic E-state index is 0.243. The fourth-order valence-electron chi connectivity index (χ4n) is 0.469. The van der Waals surface area contributed by atoms with Crippen LogP contribution >= 0.6 is 20.8 Å². The maximum absolute atomic E-state index is 5.47. The second-order valence-corrected chi connectivity index (χ2v) is 2.36. The Morgan fingerprint density at radius 2 is 2.00 bits per heavy atom. The van der Waals surface area contributed by atoms with E-state index >= 15 is 0 Å². The third kappa shape index (κ3) is 1.84. The molecule has 0 radical (unpaired) electrons. The Morgan fingerprint density at radius 3 is 2.44 bits per heavy atom. The number of rotatable bonds is 0. The van der Waals surface area contributed by atoms with Crippen molar-refractivity contribution in [2.45, 2.75) is 6.92 Å². The van der Waals surface area contributed by atoms with Gasteiger partial charge in [-0.3, -0.25) is 0 Å². The summed E-state index contributed by atoms with van der Waals surface area (Å²) in [6, 6.07) is 0. The van der Waals surface area contributed by atoms with Crippen molar-refractivity contribution in [3.8, 4) is 0 Å². The van der Waals surface area contributed by atoms with Crippen molar-refractivity contribution < 1.29 is 0 Å². The van der Waals surface area contributed by atoms with Gasteiger partial charge >= 0.3 is 0 Å². The second-order valence-electron chi connectivity index (χ2n) is 1.51. The summed E-state index contributed by atoms with van der Waals surface area (Å²) in [5, 5.41) is 0.243. The molecule has 0 bridgehead atoms. The number of halogens is 1. The van der Waals surface area contributed by atoms with Crippen molar-refractivity contribution in [1.82, 2.24) is 15.0 Å². The first-order chi connectivity index (χ1) is 4.18. The molecule has 1 heterocycles. The van der Waals surface area contributed by atoms with Gasteiger partial charge < -0.3 is 0 Å². The summed E-state index contributed by atoms with van der Waals surface area (Å²) in [4.78, 5) is 11.4. The largest absolute Gasteiger partial charge is 0.226 e. The lowest BCUT2D eigenvalue weighted by Crippen LogP contribution is -2.07. The first-order valence-electron chi connectivity index (χ1n) is 2.32. The topological polar surface area (TPSA) is 38.7 Å². The van der Waals surface area contributed by atoms with Gasteiger partial charge in [-0.25, -0.2) is 9.97 Å². The minimum absolute atomic E-state index is 0.243. The predicted octanol–water partition coefficient (Wildman–Crippen LogP) is 0.334. The van der Waals surface area contributed by atoms with Crippen molar-refractivity contribution in [2.24, 2.45) is 0 Å². The van der Waals surface area contributed by atoms with Crippen LogP contribution in [0, 0.1) is 6.92 Å². The van der Waals surface area contributed by atoms with Gasteiger partial charge in [0, 0.05) is 0 Å². The maximum atomic E-state index is 5.47. The van der Waals surface area contributed by atoms with Crippen molar-refractivity contribution in [1.29, 1.82) is 0 Å². The van der Waals surface area contributed by atoms with Crippen LogP contribution in [0.4, 0.5) is 0 Å². The van der Waals surface area contributed by atoms with Gasteiger partial charge in [0.1, 0.15) is 11.4 Å². The highest BCUT2D eigenvalue weighted by Crippen LogP contribution is 1.96. The molecule has 0 fully saturated rings. The van der Waals surface area contributed by atoms with Crippen molar-refractivity contribution in [3.63, 3.8) is 0 Å². The van der Waals surface area contributed by atoms with Crippen LogP contribution in [0.5, 0.6) is 0 Å². The first kappa shape index (κ1) is 6.84. The van der Waals surface area contributed by atoms with E-state index in [-0.39, 0.29) is 5.28 Å². The molecule has 0 N–H and O–H groups in total. The van der Waals surface area contributed by atoms with E-state index in [0.717, 1.165) is 0 Å². The molecule has 48 valence electrons. The molecular formula is C4H5ClN3P. The first-order valence-corrected chi connectivity index (χ1v) is 3.27. The molecule has 5 heteroatoms. The van der Waals surface area contributed by atoms with E-state index in [1.54, 1.807) is 6.92 Å². The molecule has 1 aromatic heterocycles. The molecule has 0 aromatic carbocycles. The van der Waals surface area contributed by atoms with E-state index in [1.165, 1.54) is 0 Å². The van der Waals surface area contributed by atoms with E-state index < -0.39 is 0 Å². The Kier molecular flexibility index (Phi) is 1.94. The lowest BCUT2D eigenvalue weighted by Gasteiger charge is -1.92. The van der Waals surface area contributed by atoms with Crippen LogP contribution in [0.3, 0.4) is 0 Å². The number of hydrogen-bond donors (Lipinski definition) is 0. The van der Waals surface area contributed by atoms with Gasteiger partial charge in [-0.05, 0) is 18.5 Å². The van der Waals surface area contributed by atoms with Crippen LogP contribution < -0.4 is 5.57 Å². The van der Waals surface area contributed by atoms with Gasteiger partial charge in [0.15, 0.2) is 0 Å². The molecule has 1 unspecified atom stereocenters. The van der Waals surface area contributed by atoms with Gasteiger partial charge in [0.25, 0.3) is 0 Å². The van der Waals surface area contributed by atoms with Crippen LogP contribution in [0.2, 0.25) is 5.28 Å². The Bertz CT molecular complexity index is 177. The molecule has 0 saturated heterocycles. The molecule has 0 amide bonds. The zero-order chi connectivity index (χ0) is 6.85. The van der Waals surface area contributed by atoms with Crippen molar-refractivity contribution in [2.75, 3.05) is 0 Å². The summed E-state index contributed by atoms with van der Waals surface area (Å²) < 4.78 is 0. The van der Waals surface area contributed by atoms with Crippen LogP contribution in [0.1, 0.15) is 5.82 Å². The van der Waals surface area contributed by atoms with Crippen LogP contribution in [-0.4, -0.2) is 15.0 Å². The highest BCUT2D eigenvalue weighted by Gasteiger charge is 1.93. The monoisotopic (exact) mass is 161 g/mol. The summed E-state index contributed by atoms with van der Waals surface area (Å²) >= 11 is 5.47. The average molecular weight is 162 g/mol. The Balaban J connectivity index is 3.17. The molecule has 0 aliphatic carbocycles. The number of aryl methyl sites for hydroxylation is 1. The van der Waals surface area contributed by atoms with Gasteiger partial charge in [-0.15, -0.1) is 0 Å². The van der Waals surface area contributed by atoms with Gasteiger partial charge in [0.2, 0.25) is 5.28 Å². The standard InChI is InChI=1S/C4H5ClN3P/c1-2-6-3(5)8-4(9)7-2/h9H2,1H3. The molecule has 9 heavy (non-hydrogen) atoms. The normalized spacial score (nSPS) is 9.67. The molecule has 1 aromatic rings. The van der Waals surface area contributed by atoms with Crippen LogP contribution in [-0.2, 0) is 0 Å². The minimum Gasteiger partial charge on any atom is -0.214 e. The van der Waals surface area contributed by atoms with Crippen LogP contribution in [0.25, 0.3) is 0 Å². The third-order valence-electron chi connectivity index (χ3n) is 0.737. The fraction of sp³-hybridized carbons (Fsp3) is 0.250. The van der Waals surface area contributed by atoms with Gasteiger partial charge in [0.05, 0.1) is 0 Å². The van der Waals surface area contributed by atoms with E-state index in [1.807, 2.05) is 0 Å². The third-order valence-corrected chi connectivity index (χ3v) is 1.16. The molecule has 0 saturated carbocycles. The van der Waals surface area contributed by atoms with E-state index in [4.69, 9.17) is 11.6 Å². The number of nitrogens with zero attached hydrogens (tertiary/aromatic N) is 3. The predicted molar refractivity (Wildman–Crippen MR) is 38.9 cm³/mol. The number of aromatic nitrogens is 3. The maximum Gasteiger partial charge on any atom is 0.226 e. The summed E-state index contributed by atoms with van der Waals surface area (Å²) in [5.41, 5.74) is 0.576. The average Bonchev–Trinajstić information content (AvgIpc) is 1.59. The number of hydrogen-bond acceptors (Lipinski definition) is 3. The van der Waals surface area contributed by atoms with Crippen molar-refractivity contribution >= 4 is 26.4 Å². The summed E-state index contributed by atoms with van der Waals surface area (Å²) in [6.07, 6.45) is 0.